The maximum absolute atomic E-state index is 13.4. The van der Waals surface area contributed by atoms with E-state index in [1.54, 1.807) is 39.1 Å². The number of benzene rings is 1. The van der Waals surface area contributed by atoms with Gasteiger partial charge < -0.3 is 14.6 Å². The van der Waals surface area contributed by atoms with Crippen LogP contribution < -0.4 is 4.74 Å². The maximum Gasteiger partial charge on any atom is 0.238 e. The molecule has 5 nitrogen and oxygen atoms in total. The lowest BCUT2D eigenvalue weighted by Gasteiger charge is -2.42. The number of carbonyl (C=O) groups is 1. The topological polar surface area (TPSA) is 68.7 Å². The third kappa shape index (κ3) is 3.96. The summed E-state index contributed by atoms with van der Waals surface area (Å²) in [6.07, 6.45) is 2.86. The molecule has 0 saturated heterocycles. The van der Waals surface area contributed by atoms with Crippen molar-refractivity contribution in [2.75, 3.05) is 0 Å². The van der Waals surface area contributed by atoms with Gasteiger partial charge in [0.25, 0.3) is 0 Å². The highest BCUT2D eigenvalue weighted by Gasteiger charge is 2.49. The van der Waals surface area contributed by atoms with Crippen LogP contribution in [0.5, 0.6) is 11.6 Å². The van der Waals surface area contributed by atoms with Crippen LogP contribution in [0.15, 0.2) is 36.2 Å². The maximum atomic E-state index is 13.4. The normalized spacial score (nSPS) is 21.1. The number of pyridine rings is 1. The Hall–Kier alpha value is -2.37. The summed E-state index contributed by atoms with van der Waals surface area (Å²) in [5.41, 5.74) is 0.763. The van der Waals surface area contributed by atoms with E-state index in [0.29, 0.717) is 29.2 Å². The Balaban J connectivity index is 2.14. The predicted molar refractivity (Wildman–Crippen MR) is 118 cm³/mol. The molecule has 0 saturated carbocycles. The van der Waals surface area contributed by atoms with E-state index < -0.39 is 11.2 Å². The molecule has 0 spiro atoms. The van der Waals surface area contributed by atoms with Crippen molar-refractivity contribution in [1.29, 1.82) is 0 Å². The largest absolute Gasteiger partial charge is 0.508 e. The molecule has 1 unspecified atom stereocenters. The number of aliphatic hydroxyl groups is 1. The standard InChI is InChI=1S/C24H28ClNO4/c1-7-15-9-10-16(29-22-18(25)11-14(3)13-26-22)12-17(15)19-20(27)23(4,5)30-24(6,8-2)21(19)28/h9-13,27H,7-8H2,1-6H3. The van der Waals surface area contributed by atoms with Crippen LogP contribution in [0.2, 0.25) is 5.02 Å². The van der Waals surface area contributed by atoms with Crippen molar-refractivity contribution in [3.8, 4) is 11.6 Å². The van der Waals surface area contributed by atoms with Crippen LogP contribution in [0.1, 0.15) is 57.7 Å². The van der Waals surface area contributed by atoms with Crippen LogP contribution in [0, 0.1) is 6.92 Å². The second-order valence-electron chi connectivity index (χ2n) is 8.32. The molecule has 1 aromatic heterocycles. The first-order chi connectivity index (χ1) is 14.0. The Morgan fingerprint density at radius 2 is 1.90 bits per heavy atom. The molecule has 0 amide bonds. The molecule has 0 aliphatic carbocycles. The number of rotatable bonds is 5. The van der Waals surface area contributed by atoms with Crippen LogP contribution in [-0.4, -0.2) is 27.1 Å². The molecule has 1 atom stereocenters. The van der Waals surface area contributed by atoms with Gasteiger partial charge in [0.1, 0.15) is 27.7 Å². The zero-order valence-corrected chi connectivity index (χ0v) is 19.1. The molecule has 1 aromatic carbocycles. The van der Waals surface area contributed by atoms with E-state index in [0.717, 1.165) is 11.1 Å². The number of Topliss-reactive ketones (excluding diaryl/α,β-unsaturated/α-hetero) is 1. The van der Waals surface area contributed by atoms with Crippen molar-refractivity contribution in [3.63, 3.8) is 0 Å². The third-order valence-electron chi connectivity index (χ3n) is 5.56. The highest BCUT2D eigenvalue weighted by molar-refractivity contribution is 6.31. The van der Waals surface area contributed by atoms with E-state index in [1.165, 1.54) is 0 Å². The van der Waals surface area contributed by atoms with E-state index in [1.807, 2.05) is 32.9 Å². The van der Waals surface area contributed by atoms with E-state index in [4.69, 9.17) is 21.1 Å². The number of nitrogens with zero attached hydrogens (tertiary/aromatic N) is 1. The lowest BCUT2D eigenvalue weighted by molar-refractivity contribution is -0.163. The molecule has 2 heterocycles. The Labute approximate surface area is 182 Å². The number of aliphatic hydroxyl groups excluding tert-OH is 1. The summed E-state index contributed by atoms with van der Waals surface area (Å²) in [6, 6.07) is 7.24. The van der Waals surface area contributed by atoms with Crippen LogP contribution >= 0.6 is 11.6 Å². The quantitative estimate of drug-likeness (QED) is 0.611. The highest BCUT2D eigenvalue weighted by atomic mass is 35.5. The SMILES string of the molecule is CCc1ccc(Oc2ncc(C)cc2Cl)cc1C1=C(O)C(C)(C)OC(C)(CC)C1=O. The van der Waals surface area contributed by atoms with Gasteiger partial charge in [-0.2, -0.15) is 0 Å². The monoisotopic (exact) mass is 429 g/mol. The molecule has 1 aliphatic heterocycles. The van der Waals surface area contributed by atoms with Gasteiger partial charge in [0.15, 0.2) is 5.78 Å². The van der Waals surface area contributed by atoms with Gasteiger partial charge >= 0.3 is 0 Å². The zero-order valence-electron chi connectivity index (χ0n) is 18.3. The van der Waals surface area contributed by atoms with Gasteiger partial charge in [-0.15, -0.1) is 0 Å². The van der Waals surface area contributed by atoms with Gasteiger partial charge in [0.2, 0.25) is 5.88 Å². The second-order valence-corrected chi connectivity index (χ2v) is 8.73. The molecule has 30 heavy (non-hydrogen) atoms. The summed E-state index contributed by atoms with van der Waals surface area (Å²) in [5, 5.41) is 11.4. The Bertz CT molecular complexity index is 1030. The fourth-order valence-electron chi connectivity index (χ4n) is 3.68. The van der Waals surface area contributed by atoms with Crippen molar-refractivity contribution < 1.29 is 19.4 Å². The first-order valence-corrected chi connectivity index (χ1v) is 10.5. The molecule has 0 fully saturated rings. The molecule has 0 bridgehead atoms. The van der Waals surface area contributed by atoms with E-state index >= 15 is 0 Å². The lowest BCUT2D eigenvalue weighted by atomic mass is 9.79. The number of hydrogen-bond donors (Lipinski definition) is 1. The number of ether oxygens (including phenoxy) is 2. The summed E-state index contributed by atoms with van der Waals surface area (Å²) >= 11 is 6.26. The minimum absolute atomic E-state index is 0.0724. The zero-order chi connectivity index (χ0) is 22.3. The van der Waals surface area contributed by atoms with Crippen molar-refractivity contribution >= 4 is 23.0 Å². The molecular weight excluding hydrogens is 402 g/mol. The molecule has 1 aliphatic rings. The number of hydrogen-bond acceptors (Lipinski definition) is 5. The number of aryl methyl sites for hydroxylation is 2. The Kier molecular flexibility index (Phi) is 5.99. The number of ketones is 1. The van der Waals surface area contributed by atoms with Gasteiger partial charge in [-0.25, -0.2) is 4.98 Å². The Morgan fingerprint density at radius 3 is 2.50 bits per heavy atom. The summed E-state index contributed by atoms with van der Waals surface area (Å²) in [5.74, 6) is 0.459. The van der Waals surface area contributed by atoms with Crippen molar-refractivity contribution in [3.05, 3.63) is 57.9 Å². The molecule has 0 radical (unpaired) electrons. The van der Waals surface area contributed by atoms with E-state index in [9.17, 15) is 9.90 Å². The third-order valence-corrected chi connectivity index (χ3v) is 5.83. The molecule has 6 heteroatoms. The average Bonchev–Trinajstić information content (AvgIpc) is 2.69. The second kappa shape index (κ2) is 8.05. The van der Waals surface area contributed by atoms with E-state index in [2.05, 4.69) is 4.98 Å². The van der Waals surface area contributed by atoms with Gasteiger partial charge in [-0.3, -0.25) is 4.79 Å². The number of carbonyl (C=O) groups excluding carboxylic acids is 1. The fraction of sp³-hybridized carbons (Fsp3) is 0.417. The van der Waals surface area contributed by atoms with Gasteiger partial charge in [0, 0.05) is 6.20 Å². The highest BCUT2D eigenvalue weighted by Crippen LogP contribution is 2.43. The minimum Gasteiger partial charge on any atom is -0.508 e. The van der Waals surface area contributed by atoms with Crippen molar-refractivity contribution in [2.45, 2.75) is 65.6 Å². The predicted octanol–water partition coefficient (Wildman–Crippen LogP) is 6.21. The summed E-state index contributed by atoms with van der Waals surface area (Å²) in [4.78, 5) is 17.6. The summed E-state index contributed by atoms with van der Waals surface area (Å²) in [7, 11) is 0. The van der Waals surface area contributed by atoms with Gasteiger partial charge in [-0.05, 0) is 75.4 Å². The first-order valence-electron chi connectivity index (χ1n) is 10.1. The van der Waals surface area contributed by atoms with Crippen LogP contribution in [0.4, 0.5) is 0 Å². The fourth-order valence-corrected chi connectivity index (χ4v) is 3.94. The van der Waals surface area contributed by atoms with Crippen LogP contribution in [0.25, 0.3) is 5.57 Å². The van der Waals surface area contributed by atoms with Gasteiger partial charge in [0.05, 0.1) is 5.57 Å². The van der Waals surface area contributed by atoms with Gasteiger partial charge in [-0.1, -0.05) is 31.5 Å². The minimum atomic E-state index is -1.02. The number of halogens is 1. The summed E-state index contributed by atoms with van der Waals surface area (Å²) in [6.45, 7) is 11.1. The van der Waals surface area contributed by atoms with Crippen LogP contribution in [-0.2, 0) is 16.0 Å². The first kappa shape index (κ1) is 22.3. The average molecular weight is 430 g/mol. The van der Waals surface area contributed by atoms with Crippen LogP contribution in [0.3, 0.4) is 0 Å². The lowest BCUT2D eigenvalue weighted by Crippen LogP contribution is -2.51. The molecule has 1 N–H and O–H groups in total. The molecule has 2 aromatic rings. The van der Waals surface area contributed by atoms with E-state index in [-0.39, 0.29) is 23.0 Å². The smallest absolute Gasteiger partial charge is 0.238 e. The molecule has 3 rings (SSSR count). The van der Waals surface area contributed by atoms with Crippen molar-refractivity contribution in [1.82, 2.24) is 4.98 Å². The Morgan fingerprint density at radius 1 is 1.20 bits per heavy atom. The molecular formula is C24H28ClNO4. The molecule has 160 valence electrons. The summed E-state index contributed by atoms with van der Waals surface area (Å²) < 4.78 is 11.9. The van der Waals surface area contributed by atoms with Crippen molar-refractivity contribution in [2.24, 2.45) is 0 Å². The number of aromatic nitrogens is 1.